The fourth-order valence-corrected chi connectivity index (χ4v) is 2.63. The average molecular weight is 381 g/mol. The fourth-order valence-electron chi connectivity index (χ4n) is 2.09. The number of hydrogen-bond acceptors (Lipinski definition) is 2. The molecule has 0 saturated carbocycles. The minimum Gasteiger partial charge on any atom is -0.497 e. The van der Waals surface area contributed by atoms with Gasteiger partial charge in [0, 0.05) is 15.3 Å². The molecule has 0 aliphatic carbocycles. The first-order valence-corrected chi connectivity index (χ1v) is 7.91. The average Bonchev–Trinajstić information content (AvgIpc) is 2.48. The normalized spacial score (nSPS) is 11.9. The van der Waals surface area contributed by atoms with E-state index in [-0.39, 0.29) is 0 Å². The molecule has 1 unspecified atom stereocenters. The van der Waals surface area contributed by atoms with Gasteiger partial charge in [0.1, 0.15) is 5.75 Å². The topological polar surface area (TPSA) is 21.3 Å². The molecule has 0 radical (unpaired) electrons. The second-order valence-corrected chi connectivity index (χ2v) is 6.07. The molecule has 0 fully saturated rings. The lowest BCUT2D eigenvalue weighted by atomic mass is 10.1. The van der Waals surface area contributed by atoms with Crippen molar-refractivity contribution < 1.29 is 4.74 Å². The quantitative estimate of drug-likeness (QED) is 0.731. The third-order valence-corrected chi connectivity index (χ3v) is 4.24. The van der Waals surface area contributed by atoms with Crippen LogP contribution >= 0.6 is 22.6 Å². The van der Waals surface area contributed by atoms with Crippen molar-refractivity contribution in [3.63, 3.8) is 0 Å². The molecule has 0 amide bonds. The summed E-state index contributed by atoms with van der Waals surface area (Å²) >= 11 is 2.37. The summed E-state index contributed by atoms with van der Waals surface area (Å²) in [7, 11) is 1.70. The Kier molecular flexibility index (Phi) is 5.71. The highest BCUT2D eigenvalue weighted by Gasteiger charge is 2.05. The number of anilines is 1. The molecule has 2 aromatic rings. The predicted octanol–water partition coefficient (Wildman–Crippen LogP) is 4.73. The van der Waals surface area contributed by atoms with Gasteiger partial charge in [-0.15, -0.1) is 0 Å². The third-order valence-electron chi connectivity index (χ3n) is 3.30. The number of halogens is 1. The molecule has 106 valence electrons. The Morgan fingerprint density at radius 1 is 1.10 bits per heavy atom. The second-order valence-electron chi connectivity index (χ2n) is 4.91. The predicted molar refractivity (Wildman–Crippen MR) is 93.6 cm³/mol. The van der Waals surface area contributed by atoms with Crippen LogP contribution in [0.2, 0.25) is 0 Å². The van der Waals surface area contributed by atoms with Gasteiger partial charge in [-0.1, -0.05) is 24.3 Å². The van der Waals surface area contributed by atoms with Gasteiger partial charge in [0.2, 0.25) is 0 Å². The lowest BCUT2D eigenvalue weighted by Gasteiger charge is -2.16. The van der Waals surface area contributed by atoms with Crippen LogP contribution in [0.25, 0.3) is 0 Å². The van der Waals surface area contributed by atoms with E-state index in [1.807, 2.05) is 12.1 Å². The lowest BCUT2D eigenvalue weighted by Crippen LogP contribution is -2.16. The van der Waals surface area contributed by atoms with Gasteiger partial charge in [-0.3, -0.25) is 0 Å². The van der Waals surface area contributed by atoms with Gasteiger partial charge in [-0.25, -0.2) is 0 Å². The largest absolute Gasteiger partial charge is 0.497 e. The number of rotatable bonds is 6. The summed E-state index contributed by atoms with van der Waals surface area (Å²) in [6.45, 7) is 2.23. The number of benzene rings is 2. The molecule has 0 saturated heterocycles. The molecule has 1 atom stereocenters. The molecular formula is C17H20INO. The van der Waals surface area contributed by atoms with E-state index in [1.54, 1.807) is 7.11 Å². The number of hydrogen-bond donors (Lipinski definition) is 1. The van der Waals surface area contributed by atoms with Crippen molar-refractivity contribution in [1.29, 1.82) is 0 Å². The number of aryl methyl sites for hydroxylation is 1. The van der Waals surface area contributed by atoms with E-state index >= 15 is 0 Å². The van der Waals surface area contributed by atoms with Crippen molar-refractivity contribution in [2.75, 3.05) is 12.4 Å². The van der Waals surface area contributed by atoms with Crippen LogP contribution in [0.3, 0.4) is 0 Å². The Bertz CT molecular complexity index is 539. The van der Waals surface area contributed by atoms with Crippen LogP contribution in [0.5, 0.6) is 5.75 Å². The number of ether oxygens (including phenoxy) is 1. The maximum Gasteiger partial charge on any atom is 0.118 e. The van der Waals surface area contributed by atoms with Crippen LogP contribution in [-0.2, 0) is 6.42 Å². The first kappa shape index (κ1) is 15.2. The maximum absolute atomic E-state index is 5.17. The van der Waals surface area contributed by atoms with Gasteiger partial charge >= 0.3 is 0 Å². The lowest BCUT2D eigenvalue weighted by molar-refractivity contribution is 0.414. The van der Waals surface area contributed by atoms with E-state index in [0.29, 0.717) is 6.04 Å². The van der Waals surface area contributed by atoms with E-state index in [9.17, 15) is 0 Å². The third kappa shape index (κ3) is 4.40. The molecule has 0 aliphatic heterocycles. The van der Waals surface area contributed by atoms with Crippen LogP contribution in [0, 0.1) is 3.57 Å². The van der Waals surface area contributed by atoms with Gasteiger partial charge in [0.05, 0.1) is 7.11 Å². The SMILES string of the molecule is COc1ccc(CCC(C)Nc2ccccc2I)cc1. The van der Waals surface area contributed by atoms with Gasteiger partial charge in [-0.2, -0.15) is 0 Å². The van der Waals surface area contributed by atoms with E-state index < -0.39 is 0 Å². The molecule has 2 aromatic carbocycles. The zero-order valence-corrected chi connectivity index (χ0v) is 14.1. The summed E-state index contributed by atoms with van der Waals surface area (Å²) in [5.41, 5.74) is 2.57. The summed E-state index contributed by atoms with van der Waals surface area (Å²) in [6.07, 6.45) is 2.18. The molecule has 0 bridgehead atoms. The van der Waals surface area contributed by atoms with Gasteiger partial charge in [0.25, 0.3) is 0 Å². The Balaban J connectivity index is 1.85. The van der Waals surface area contributed by atoms with Crippen LogP contribution < -0.4 is 10.1 Å². The van der Waals surface area contributed by atoms with Crippen molar-refractivity contribution in [3.8, 4) is 5.75 Å². The summed E-state index contributed by atoms with van der Waals surface area (Å²) in [5.74, 6) is 0.916. The van der Waals surface area contributed by atoms with Crippen molar-refractivity contribution in [1.82, 2.24) is 0 Å². The molecule has 0 aliphatic rings. The molecule has 2 rings (SSSR count). The van der Waals surface area contributed by atoms with Crippen LogP contribution in [0.1, 0.15) is 18.9 Å². The molecule has 20 heavy (non-hydrogen) atoms. The number of para-hydroxylation sites is 1. The Morgan fingerprint density at radius 3 is 2.45 bits per heavy atom. The molecule has 3 heteroatoms. The first-order valence-electron chi connectivity index (χ1n) is 6.83. The Hall–Kier alpha value is -1.23. The highest BCUT2D eigenvalue weighted by atomic mass is 127. The standard InChI is InChI=1S/C17H20INO/c1-13(19-17-6-4-3-5-16(17)18)7-8-14-9-11-15(20-2)12-10-14/h3-6,9-13,19H,7-8H2,1-2H3. The molecule has 2 nitrogen and oxygen atoms in total. The summed E-state index contributed by atoms with van der Waals surface area (Å²) in [6, 6.07) is 17.2. The molecule has 1 N–H and O–H groups in total. The monoisotopic (exact) mass is 381 g/mol. The van der Waals surface area contributed by atoms with Crippen LogP contribution in [-0.4, -0.2) is 13.2 Å². The molecule has 0 aromatic heterocycles. The first-order chi connectivity index (χ1) is 9.69. The van der Waals surface area contributed by atoms with Gasteiger partial charge < -0.3 is 10.1 Å². The summed E-state index contributed by atoms with van der Waals surface area (Å²) < 4.78 is 6.44. The van der Waals surface area contributed by atoms with Gasteiger partial charge in [-0.05, 0) is 72.2 Å². The van der Waals surface area contributed by atoms with Crippen molar-refractivity contribution in [2.24, 2.45) is 0 Å². The second kappa shape index (κ2) is 7.53. The van der Waals surface area contributed by atoms with E-state index in [2.05, 4.69) is 71.2 Å². The fraction of sp³-hybridized carbons (Fsp3) is 0.294. The summed E-state index contributed by atoms with van der Waals surface area (Å²) in [5, 5.41) is 3.57. The van der Waals surface area contributed by atoms with Gasteiger partial charge in [0.15, 0.2) is 0 Å². The Morgan fingerprint density at radius 2 is 1.80 bits per heavy atom. The molecular weight excluding hydrogens is 361 g/mol. The van der Waals surface area contributed by atoms with E-state index in [1.165, 1.54) is 14.8 Å². The highest BCUT2D eigenvalue weighted by Crippen LogP contribution is 2.19. The van der Waals surface area contributed by atoms with E-state index in [0.717, 1.165) is 18.6 Å². The van der Waals surface area contributed by atoms with E-state index in [4.69, 9.17) is 4.74 Å². The minimum atomic E-state index is 0.452. The Labute approximate surface area is 134 Å². The van der Waals surface area contributed by atoms with Crippen LogP contribution in [0.15, 0.2) is 48.5 Å². The molecule has 0 spiro atoms. The summed E-state index contributed by atoms with van der Waals surface area (Å²) in [4.78, 5) is 0. The zero-order valence-electron chi connectivity index (χ0n) is 11.9. The van der Waals surface area contributed by atoms with Crippen molar-refractivity contribution in [3.05, 3.63) is 57.7 Å². The molecule has 0 heterocycles. The highest BCUT2D eigenvalue weighted by molar-refractivity contribution is 14.1. The van der Waals surface area contributed by atoms with Crippen molar-refractivity contribution >= 4 is 28.3 Å². The maximum atomic E-state index is 5.17. The van der Waals surface area contributed by atoms with Crippen LogP contribution in [0.4, 0.5) is 5.69 Å². The van der Waals surface area contributed by atoms with Crippen molar-refractivity contribution in [2.45, 2.75) is 25.8 Å². The number of methoxy groups -OCH3 is 1. The number of nitrogens with one attached hydrogen (secondary N) is 1. The minimum absolute atomic E-state index is 0.452. The smallest absolute Gasteiger partial charge is 0.118 e. The zero-order chi connectivity index (χ0) is 14.4.